The molecule has 1 atom stereocenters. The molecule has 1 aliphatic rings. The number of carbonyl (C=O) groups excluding carboxylic acids is 1. The van der Waals surface area contributed by atoms with Crippen LogP contribution in [0.1, 0.15) is 12.5 Å². The molecule has 0 amide bonds. The minimum absolute atomic E-state index is 0.00509. The number of allylic oxidation sites excluding steroid dienone is 8. The molecule has 3 rings (SSSR count). The molecule has 0 N–H and O–H groups in total. The van der Waals surface area contributed by atoms with Crippen molar-refractivity contribution in [1.82, 2.24) is 0 Å². The monoisotopic (exact) mass is 429 g/mol. The van der Waals surface area contributed by atoms with Gasteiger partial charge in [0.1, 0.15) is 5.75 Å². The van der Waals surface area contributed by atoms with Gasteiger partial charge in [0.25, 0.3) is 0 Å². The van der Waals surface area contributed by atoms with Gasteiger partial charge in [-0.05, 0) is 49.4 Å². The molecule has 31 heavy (non-hydrogen) atoms. The number of nitrogens with zero attached hydrogens (tertiary/aromatic N) is 1. The van der Waals surface area contributed by atoms with Crippen LogP contribution in [0.4, 0.5) is 5.69 Å². The molecule has 2 aromatic rings. The van der Waals surface area contributed by atoms with E-state index < -0.39 is 9.73 Å². The molecular formula is C26H23NO3S. The van der Waals surface area contributed by atoms with E-state index in [9.17, 15) is 9.00 Å². The second-order valence-electron chi connectivity index (χ2n) is 6.86. The lowest BCUT2D eigenvalue weighted by atomic mass is 10.1. The smallest absolute Gasteiger partial charge is 0.159 e. The summed E-state index contributed by atoms with van der Waals surface area (Å²) in [5.74, 6) is 6.86. The quantitative estimate of drug-likeness (QED) is 0.611. The Balaban J connectivity index is 1.97. The largest absolute Gasteiger partial charge is 0.497 e. The highest BCUT2D eigenvalue weighted by Gasteiger charge is 2.09. The van der Waals surface area contributed by atoms with Crippen LogP contribution in [0, 0.1) is 11.8 Å². The summed E-state index contributed by atoms with van der Waals surface area (Å²) in [6, 6.07) is 14.5. The third-order valence-electron chi connectivity index (χ3n) is 4.51. The Morgan fingerprint density at radius 1 is 1.00 bits per heavy atom. The van der Waals surface area contributed by atoms with Crippen molar-refractivity contribution in [1.29, 1.82) is 0 Å². The zero-order valence-corrected chi connectivity index (χ0v) is 18.5. The van der Waals surface area contributed by atoms with Crippen molar-refractivity contribution in [3.63, 3.8) is 0 Å². The van der Waals surface area contributed by atoms with E-state index in [2.05, 4.69) is 16.2 Å². The summed E-state index contributed by atoms with van der Waals surface area (Å²) in [5, 5.41) is 0. The maximum atomic E-state index is 13.3. The third-order valence-corrected chi connectivity index (χ3v) is 6.18. The van der Waals surface area contributed by atoms with E-state index in [-0.39, 0.29) is 5.78 Å². The first kappa shape index (κ1) is 22.1. The van der Waals surface area contributed by atoms with Gasteiger partial charge in [-0.15, -0.1) is 0 Å². The zero-order chi connectivity index (χ0) is 22.3. The van der Waals surface area contributed by atoms with E-state index >= 15 is 0 Å². The molecule has 156 valence electrons. The molecule has 0 fully saturated rings. The first-order chi connectivity index (χ1) is 14.9. The Kier molecular flexibility index (Phi) is 7.07. The van der Waals surface area contributed by atoms with Crippen molar-refractivity contribution in [3.05, 3.63) is 102 Å². The van der Waals surface area contributed by atoms with Gasteiger partial charge in [-0.1, -0.05) is 54.3 Å². The fourth-order valence-corrected chi connectivity index (χ4v) is 4.11. The van der Waals surface area contributed by atoms with Gasteiger partial charge in [0, 0.05) is 17.4 Å². The predicted octanol–water partition coefficient (Wildman–Crippen LogP) is 5.40. The highest BCUT2D eigenvalue weighted by molar-refractivity contribution is 7.93. The van der Waals surface area contributed by atoms with Crippen LogP contribution in [0.2, 0.25) is 0 Å². The van der Waals surface area contributed by atoms with Gasteiger partial charge < -0.3 is 4.74 Å². The Labute approximate surface area is 183 Å². The Morgan fingerprint density at radius 3 is 2.55 bits per heavy atom. The fraction of sp³-hybridized carbons (Fsp3) is 0.115. The lowest BCUT2D eigenvalue weighted by Gasteiger charge is -2.07. The van der Waals surface area contributed by atoms with Gasteiger partial charge in [-0.25, -0.2) is 4.21 Å². The van der Waals surface area contributed by atoms with Crippen molar-refractivity contribution in [2.45, 2.75) is 11.8 Å². The lowest BCUT2D eigenvalue weighted by molar-refractivity contribution is -0.113. The summed E-state index contributed by atoms with van der Waals surface area (Å²) >= 11 is 0. The van der Waals surface area contributed by atoms with Crippen LogP contribution in [0.15, 0.2) is 105 Å². The molecule has 2 aromatic carbocycles. The average Bonchev–Trinajstić information content (AvgIpc) is 2.74. The van der Waals surface area contributed by atoms with Crippen LogP contribution < -0.4 is 4.74 Å². The number of Topliss-reactive ketones (excluding diaryl/α,β-unsaturated/α-hetero) is 1. The molecule has 5 heteroatoms. The van der Waals surface area contributed by atoms with E-state index in [1.807, 2.05) is 42.5 Å². The standard InChI is InChI=1S/C26H23NO3S/c1-20(28)22-10-5-4-9-21(15-17-22)16-18-23-11-6-7-14-26(23)27-31(3,29)25-13-8-12-24(19-25)30-2/h4-15,17,19H,1-3H3/b5-4-,9-4?,10-5?,17-15-,21-9-,21-15?,22-10-,22-17?. The van der Waals surface area contributed by atoms with Crippen molar-refractivity contribution in [3.8, 4) is 17.6 Å². The zero-order valence-electron chi connectivity index (χ0n) is 17.7. The Morgan fingerprint density at radius 2 is 1.77 bits per heavy atom. The summed E-state index contributed by atoms with van der Waals surface area (Å²) in [7, 11) is -1.13. The van der Waals surface area contributed by atoms with Crippen LogP contribution >= 0.6 is 0 Å². The number of methoxy groups -OCH3 is 1. The normalized spacial score (nSPS) is 20.1. The van der Waals surface area contributed by atoms with Gasteiger partial charge in [0.15, 0.2) is 5.78 Å². The lowest BCUT2D eigenvalue weighted by Crippen LogP contribution is -1.98. The molecule has 0 saturated heterocycles. The molecule has 1 aliphatic carbocycles. The maximum Gasteiger partial charge on any atom is 0.159 e. The minimum atomic E-state index is -2.70. The van der Waals surface area contributed by atoms with Crippen molar-refractivity contribution in [2.75, 3.05) is 13.4 Å². The topological polar surface area (TPSA) is 55.7 Å². The molecular weight excluding hydrogens is 406 g/mol. The van der Waals surface area contributed by atoms with Crippen LogP contribution in [0.25, 0.3) is 0 Å². The molecule has 0 aliphatic heterocycles. The second-order valence-corrected chi connectivity index (χ2v) is 9.12. The van der Waals surface area contributed by atoms with Crippen molar-refractivity contribution >= 4 is 21.2 Å². The van der Waals surface area contributed by atoms with Gasteiger partial charge in [0.2, 0.25) is 0 Å². The number of ketones is 1. The van der Waals surface area contributed by atoms with E-state index in [0.29, 0.717) is 27.5 Å². The van der Waals surface area contributed by atoms with E-state index in [0.717, 1.165) is 5.57 Å². The molecule has 0 heterocycles. The third kappa shape index (κ3) is 5.94. The van der Waals surface area contributed by atoms with E-state index in [4.69, 9.17) is 4.74 Å². The number of carbonyl (C=O) groups is 1. The summed E-state index contributed by atoms with van der Waals surface area (Å²) in [4.78, 5) is 12.2. The Hall–Kier alpha value is -3.62. The number of rotatable bonds is 4. The number of hydrogen-bond donors (Lipinski definition) is 0. The number of benzene rings is 2. The predicted molar refractivity (Wildman–Crippen MR) is 126 cm³/mol. The van der Waals surface area contributed by atoms with Crippen molar-refractivity contribution in [2.24, 2.45) is 4.36 Å². The Bertz CT molecular complexity index is 1310. The van der Waals surface area contributed by atoms with Gasteiger partial charge in [-0.3, -0.25) is 4.79 Å². The SMILES string of the molecule is COc1cccc(S(C)(=O)=Nc2ccccc2C#CC2=C\C=C/C=C(C(C)=O)/C=C\2)c1. The van der Waals surface area contributed by atoms with Gasteiger partial charge >= 0.3 is 0 Å². The first-order valence-electron chi connectivity index (χ1n) is 9.64. The molecule has 0 spiro atoms. The number of ether oxygens (including phenoxy) is 1. The van der Waals surface area contributed by atoms with E-state index in [1.165, 1.54) is 6.92 Å². The maximum absolute atomic E-state index is 13.3. The van der Waals surface area contributed by atoms with Gasteiger partial charge in [0.05, 0.1) is 33.0 Å². The summed E-state index contributed by atoms with van der Waals surface area (Å²) in [5.41, 5.74) is 2.59. The van der Waals surface area contributed by atoms with Crippen LogP contribution in [-0.4, -0.2) is 23.4 Å². The van der Waals surface area contributed by atoms with E-state index in [1.54, 1.807) is 55.8 Å². The van der Waals surface area contributed by atoms with Crippen LogP contribution in [0.3, 0.4) is 0 Å². The van der Waals surface area contributed by atoms with Crippen molar-refractivity contribution < 1.29 is 13.7 Å². The highest BCUT2D eigenvalue weighted by atomic mass is 32.2. The summed E-state index contributed by atoms with van der Waals surface area (Å²) in [6.45, 7) is 1.53. The van der Waals surface area contributed by atoms with Crippen LogP contribution in [0.5, 0.6) is 5.75 Å². The molecule has 1 unspecified atom stereocenters. The first-order valence-corrected chi connectivity index (χ1v) is 11.6. The molecule has 0 aromatic heterocycles. The minimum Gasteiger partial charge on any atom is -0.497 e. The fourth-order valence-electron chi connectivity index (χ4n) is 2.80. The average molecular weight is 430 g/mol. The summed E-state index contributed by atoms with van der Waals surface area (Å²) in [6.07, 6.45) is 12.5. The molecule has 0 bridgehead atoms. The van der Waals surface area contributed by atoms with Crippen LogP contribution in [-0.2, 0) is 14.5 Å². The van der Waals surface area contributed by atoms with Gasteiger partial charge in [-0.2, -0.15) is 4.36 Å². The number of hydrogen-bond acceptors (Lipinski definition) is 4. The summed E-state index contributed by atoms with van der Waals surface area (Å²) < 4.78 is 23.1. The highest BCUT2D eigenvalue weighted by Crippen LogP contribution is 2.25. The molecule has 0 saturated carbocycles. The molecule has 4 nitrogen and oxygen atoms in total. The second kappa shape index (κ2) is 9.92. The molecule has 0 radical (unpaired) electrons.